The van der Waals surface area contributed by atoms with Crippen LogP contribution in [0.5, 0.6) is 0 Å². The Morgan fingerprint density at radius 2 is 2.00 bits per heavy atom. The minimum absolute atomic E-state index is 0.264. The predicted octanol–water partition coefficient (Wildman–Crippen LogP) is 5.91. The number of aryl methyl sites for hydroxylation is 3. The van der Waals surface area contributed by atoms with Gasteiger partial charge in [0.25, 0.3) is 0 Å². The zero-order valence-electron chi connectivity index (χ0n) is 15.6. The Hall–Kier alpha value is -2.33. The van der Waals surface area contributed by atoms with Gasteiger partial charge in [0.2, 0.25) is 5.76 Å². The van der Waals surface area contributed by atoms with Crippen molar-refractivity contribution in [1.82, 2.24) is 4.98 Å². The molecule has 0 saturated carbocycles. The van der Waals surface area contributed by atoms with Crippen LogP contribution >= 0.6 is 11.6 Å². The smallest absolute Gasteiger partial charge is 0.374 e. The molecular formula is C21H24ClNO3. The highest BCUT2D eigenvalue weighted by Crippen LogP contribution is 2.24. The fourth-order valence-corrected chi connectivity index (χ4v) is 2.84. The Labute approximate surface area is 159 Å². The molecule has 0 bridgehead atoms. The second-order valence-electron chi connectivity index (χ2n) is 5.97. The van der Waals surface area contributed by atoms with Gasteiger partial charge in [-0.3, -0.25) is 4.98 Å². The lowest BCUT2D eigenvalue weighted by Gasteiger charge is -2.03. The zero-order valence-corrected chi connectivity index (χ0v) is 16.4. The Morgan fingerprint density at radius 1 is 1.23 bits per heavy atom. The number of aromatic nitrogens is 1. The number of carbonyl (C=O) groups is 1. The van der Waals surface area contributed by atoms with E-state index < -0.39 is 5.97 Å². The van der Waals surface area contributed by atoms with Crippen molar-refractivity contribution >= 4 is 28.5 Å². The van der Waals surface area contributed by atoms with Crippen LogP contribution in [-0.4, -0.2) is 17.6 Å². The topological polar surface area (TPSA) is 52.3 Å². The van der Waals surface area contributed by atoms with Crippen molar-refractivity contribution in [2.45, 2.75) is 40.5 Å². The molecule has 5 heteroatoms. The molecular weight excluding hydrogens is 350 g/mol. The quantitative estimate of drug-likeness (QED) is 0.533. The highest BCUT2D eigenvalue weighted by atomic mass is 35.5. The van der Waals surface area contributed by atoms with E-state index >= 15 is 0 Å². The average molecular weight is 374 g/mol. The highest BCUT2D eigenvalue weighted by molar-refractivity contribution is 6.30. The number of rotatable bonds is 4. The summed E-state index contributed by atoms with van der Waals surface area (Å²) in [5.74, 6) is -0.161. The molecule has 3 rings (SSSR count). The minimum Gasteiger partial charge on any atom is -0.460 e. The highest BCUT2D eigenvalue weighted by Gasteiger charge is 2.18. The largest absolute Gasteiger partial charge is 0.460 e. The van der Waals surface area contributed by atoms with Gasteiger partial charge in [0.1, 0.15) is 0 Å². The van der Waals surface area contributed by atoms with E-state index in [9.17, 15) is 4.79 Å². The van der Waals surface area contributed by atoms with Gasteiger partial charge in [-0.05, 0) is 56.5 Å². The summed E-state index contributed by atoms with van der Waals surface area (Å²) >= 11 is 5.85. The van der Waals surface area contributed by atoms with E-state index in [0.717, 1.165) is 22.4 Å². The number of nitrogens with zero attached hydrogens (tertiary/aromatic N) is 1. The van der Waals surface area contributed by atoms with Crippen LogP contribution in [0.25, 0.3) is 11.0 Å². The van der Waals surface area contributed by atoms with E-state index in [1.54, 1.807) is 19.3 Å². The molecule has 0 atom stereocenters. The van der Waals surface area contributed by atoms with Crippen LogP contribution < -0.4 is 0 Å². The van der Waals surface area contributed by atoms with Gasteiger partial charge in [0, 0.05) is 22.2 Å². The Morgan fingerprint density at radius 3 is 2.65 bits per heavy atom. The van der Waals surface area contributed by atoms with Gasteiger partial charge in [-0.25, -0.2) is 4.79 Å². The molecule has 138 valence electrons. The Kier molecular flexibility index (Phi) is 7.22. The number of esters is 1. The SMILES string of the molecule is CCCc1cc(Cl)ccc1C.CCOC(=O)c1oc2cnccc2c1C. The molecule has 2 heterocycles. The molecule has 0 saturated heterocycles. The van der Waals surface area contributed by atoms with Crippen LogP contribution in [0, 0.1) is 13.8 Å². The van der Waals surface area contributed by atoms with Gasteiger partial charge in [0.05, 0.1) is 12.8 Å². The average Bonchev–Trinajstić information content (AvgIpc) is 2.97. The van der Waals surface area contributed by atoms with Gasteiger partial charge in [-0.2, -0.15) is 0 Å². The lowest BCUT2D eigenvalue weighted by atomic mass is 10.1. The Bertz CT molecular complexity index is 886. The van der Waals surface area contributed by atoms with E-state index in [1.165, 1.54) is 17.5 Å². The number of fused-ring (bicyclic) bond motifs is 1. The van der Waals surface area contributed by atoms with Crippen molar-refractivity contribution in [2.75, 3.05) is 6.61 Å². The second kappa shape index (κ2) is 9.39. The van der Waals surface area contributed by atoms with Crippen molar-refractivity contribution in [1.29, 1.82) is 0 Å². The third-order valence-corrected chi connectivity index (χ3v) is 4.27. The summed E-state index contributed by atoms with van der Waals surface area (Å²) in [6.07, 6.45) is 5.57. The van der Waals surface area contributed by atoms with Crippen LogP contribution in [-0.2, 0) is 11.2 Å². The maximum absolute atomic E-state index is 11.5. The van der Waals surface area contributed by atoms with Gasteiger partial charge >= 0.3 is 5.97 Å². The van der Waals surface area contributed by atoms with Crippen LogP contribution in [0.1, 0.15) is 47.5 Å². The van der Waals surface area contributed by atoms with Crippen molar-refractivity contribution < 1.29 is 13.9 Å². The monoisotopic (exact) mass is 373 g/mol. The molecule has 3 aromatic rings. The van der Waals surface area contributed by atoms with Gasteiger partial charge in [0.15, 0.2) is 5.58 Å². The summed E-state index contributed by atoms with van der Waals surface area (Å²) in [6.45, 7) is 8.24. The summed E-state index contributed by atoms with van der Waals surface area (Å²) < 4.78 is 10.3. The molecule has 0 N–H and O–H groups in total. The molecule has 0 spiro atoms. The van der Waals surface area contributed by atoms with E-state index in [-0.39, 0.29) is 5.76 Å². The molecule has 0 aliphatic carbocycles. The summed E-state index contributed by atoms with van der Waals surface area (Å²) in [6, 6.07) is 7.89. The molecule has 4 nitrogen and oxygen atoms in total. The van der Waals surface area contributed by atoms with Crippen LogP contribution in [0.15, 0.2) is 41.1 Å². The number of ether oxygens (including phenoxy) is 1. The summed E-state index contributed by atoms with van der Waals surface area (Å²) in [5, 5.41) is 1.74. The van der Waals surface area contributed by atoms with Crippen LogP contribution in [0.4, 0.5) is 0 Å². The molecule has 0 amide bonds. The number of furan rings is 1. The van der Waals surface area contributed by atoms with E-state index in [1.807, 2.05) is 19.1 Å². The molecule has 1 aromatic carbocycles. The van der Waals surface area contributed by atoms with Gasteiger partial charge in [-0.15, -0.1) is 0 Å². The third-order valence-electron chi connectivity index (χ3n) is 4.03. The van der Waals surface area contributed by atoms with E-state index in [0.29, 0.717) is 12.2 Å². The normalized spacial score (nSPS) is 10.3. The summed E-state index contributed by atoms with van der Waals surface area (Å²) in [5.41, 5.74) is 4.13. The fraction of sp³-hybridized carbons (Fsp3) is 0.333. The predicted molar refractivity (Wildman–Crippen MR) is 105 cm³/mol. The number of hydrogen-bond donors (Lipinski definition) is 0. The maximum Gasteiger partial charge on any atom is 0.374 e. The second-order valence-corrected chi connectivity index (χ2v) is 6.41. The van der Waals surface area contributed by atoms with Gasteiger partial charge in [-0.1, -0.05) is 31.0 Å². The molecule has 0 aliphatic heterocycles. The first-order chi connectivity index (χ1) is 12.5. The zero-order chi connectivity index (χ0) is 19.1. The molecule has 0 aliphatic rings. The maximum atomic E-state index is 11.5. The third kappa shape index (κ3) is 4.85. The lowest BCUT2D eigenvalue weighted by molar-refractivity contribution is 0.0491. The van der Waals surface area contributed by atoms with Crippen molar-refractivity contribution in [2.24, 2.45) is 0 Å². The molecule has 0 radical (unpaired) electrons. The first-order valence-electron chi connectivity index (χ1n) is 8.73. The number of hydrogen-bond acceptors (Lipinski definition) is 4. The number of pyridine rings is 1. The van der Waals surface area contributed by atoms with Crippen molar-refractivity contribution in [3.05, 3.63) is 64.1 Å². The van der Waals surface area contributed by atoms with E-state index in [2.05, 4.69) is 31.0 Å². The molecule has 2 aromatic heterocycles. The summed E-state index contributed by atoms with van der Waals surface area (Å²) in [4.78, 5) is 15.4. The minimum atomic E-state index is -0.425. The van der Waals surface area contributed by atoms with Crippen LogP contribution in [0.3, 0.4) is 0 Å². The number of halogens is 1. The Balaban J connectivity index is 0.000000197. The van der Waals surface area contributed by atoms with Gasteiger partial charge < -0.3 is 9.15 Å². The standard InChI is InChI=1S/C11H11NO3.C10H13Cl/c1-3-14-11(13)10-7(2)8-4-5-12-6-9(8)15-10;1-3-4-9-7-10(11)6-5-8(9)2/h4-6H,3H2,1-2H3;5-7H,3-4H2,1-2H3. The van der Waals surface area contributed by atoms with Crippen molar-refractivity contribution in [3.8, 4) is 0 Å². The molecule has 26 heavy (non-hydrogen) atoms. The summed E-state index contributed by atoms with van der Waals surface area (Å²) in [7, 11) is 0. The lowest BCUT2D eigenvalue weighted by Crippen LogP contribution is -2.04. The number of benzene rings is 1. The van der Waals surface area contributed by atoms with Crippen molar-refractivity contribution in [3.63, 3.8) is 0 Å². The molecule has 0 fully saturated rings. The van der Waals surface area contributed by atoms with E-state index in [4.69, 9.17) is 20.8 Å². The number of carbonyl (C=O) groups excluding carboxylic acids is 1. The fourth-order valence-electron chi connectivity index (χ4n) is 2.65. The van der Waals surface area contributed by atoms with Crippen LogP contribution in [0.2, 0.25) is 5.02 Å². The molecule has 0 unspecified atom stereocenters. The first-order valence-corrected chi connectivity index (χ1v) is 9.11. The first kappa shape index (κ1) is 20.0.